The number of nitrogens with zero attached hydrogens (tertiary/aromatic N) is 8. The Morgan fingerprint density at radius 2 is 1.85 bits per heavy atom. The van der Waals surface area contributed by atoms with E-state index >= 15 is 0 Å². The van der Waals surface area contributed by atoms with Crippen molar-refractivity contribution < 1.29 is 13.6 Å². The quantitative estimate of drug-likeness (QED) is 0.189. The molecule has 55 heavy (non-hydrogen) atoms. The number of imidazole rings is 1. The maximum absolute atomic E-state index is 15.0. The molecular weight excluding hydrogens is 726 g/mol. The summed E-state index contributed by atoms with van der Waals surface area (Å²) in [4.78, 5) is 48.7. The molecule has 15 heteroatoms. The molecule has 1 saturated heterocycles. The predicted octanol–water partition coefficient (Wildman–Crippen LogP) is 6.48. The van der Waals surface area contributed by atoms with Gasteiger partial charge in [-0.2, -0.15) is 4.98 Å². The van der Waals surface area contributed by atoms with Gasteiger partial charge in [-0.05, 0) is 99.4 Å². The van der Waals surface area contributed by atoms with Crippen LogP contribution in [0.2, 0.25) is 5.02 Å². The number of aryl methyl sites for hydroxylation is 1. The van der Waals surface area contributed by atoms with Crippen LogP contribution in [0.25, 0.3) is 27.9 Å². The number of hydrogen-bond acceptors (Lipinski definition) is 8. The van der Waals surface area contributed by atoms with Crippen LogP contribution >= 0.6 is 11.6 Å². The van der Waals surface area contributed by atoms with Crippen LogP contribution in [-0.2, 0) is 19.5 Å². The monoisotopic (exact) mass is 760 g/mol. The highest BCUT2D eigenvalue weighted by Crippen LogP contribution is 2.32. The molecule has 7 aromatic rings. The fourth-order valence-corrected chi connectivity index (χ4v) is 8.05. The van der Waals surface area contributed by atoms with Crippen LogP contribution in [0.4, 0.5) is 20.4 Å². The number of carbonyl (C=O) groups excluding carboxylic acids is 1. The first-order valence-electron chi connectivity index (χ1n) is 18.1. The van der Waals surface area contributed by atoms with Gasteiger partial charge in [-0.1, -0.05) is 23.7 Å². The summed E-state index contributed by atoms with van der Waals surface area (Å²) in [7, 11) is 0. The Bertz CT molecular complexity index is 2680. The third-order valence-corrected chi connectivity index (χ3v) is 10.7. The molecule has 0 spiro atoms. The molecule has 7 heterocycles. The second kappa shape index (κ2) is 14.0. The molecule has 9 rings (SSSR count). The Hall–Kier alpha value is -5.99. The average Bonchev–Trinajstić information content (AvgIpc) is 3.66. The Morgan fingerprint density at radius 1 is 1.00 bits per heavy atom. The van der Waals surface area contributed by atoms with Gasteiger partial charge in [-0.15, -0.1) is 0 Å². The Morgan fingerprint density at radius 3 is 2.64 bits per heavy atom. The molecule has 0 aliphatic carbocycles. The number of anilines is 2. The molecule has 2 aliphatic heterocycles. The SMILES string of the molecule is Cc1nc(Nc2cccc(F)c2)nc2c1n(-c1ccc(C(=O)N3CCc4c(n(Cc5ccc(Cl)cc5F)c5ncccc45)C3)nc1)c(=O)n2C1CCNCC1. The van der Waals surface area contributed by atoms with Crippen molar-refractivity contribution in [2.75, 3.05) is 25.0 Å². The summed E-state index contributed by atoms with van der Waals surface area (Å²) in [6.07, 6.45) is 5.31. The van der Waals surface area contributed by atoms with Gasteiger partial charge in [0.15, 0.2) is 5.65 Å². The van der Waals surface area contributed by atoms with E-state index in [9.17, 15) is 18.4 Å². The number of aromatic nitrogens is 7. The number of halogens is 3. The first-order valence-corrected chi connectivity index (χ1v) is 18.5. The molecule has 2 aliphatic rings. The molecule has 5 aromatic heterocycles. The topological polar surface area (TPSA) is 128 Å². The standard InChI is InChI=1S/C40H35ClF2N10O2/c1-23-35-37(49-39(47-23)48-27-5-2-4-26(42)19-27)53(28-11-15-44-16-12-28)40(55)52(35)29-9-10-33(46-20-29)38(54)50-17-13-30-31-6-3-14-45-36(31)51(34(30)22-50)21-24-7-8-25(41)18-32(24)43/h2-10,14,18-20,28,44H,11-13,15-17,21-22H2,1H3,(H,47,48,49). The number of benzene rings is 2. The highest BCUT2D eigenvalue weighted by molar-refractivity contribution is 6.30. The lowest BCUT2D eigenvalue weighted by molar-refractivity contribution is 0.0724. The van der Waals surface area contributed by atoms with E-state index in [1.807, 2.05) is 16.7 Å². The van der Waals surface area contributed by atoms with Crippen molar-refractivity contribution in [2.24, 2.45) is 0 Å². The van der Waals surface area contributed by atoms with E-state index in [4.69, 9.17) is 16.6 Å². The predicted molar refractivity (Wildman–Crippen MR) is 205 cm³/mol. The number of carbonyl (C=O) groups is 1. The minimum Gasteiger partial charge on any atom is -0.331 e. The van der Waals surface area contributed by atoms with Crippen LogP contribution in [0.3, 0.4) is 0 Å². The van der Waals surface area contributed by atoms with Crippen molar-refractivity contribution in [1.29, 1.82) is 0 Å². The second-order valence-corrected chi connectivity index (χ2v) is 14.3. The van der Waals surface area contributed by atoms with Gasteiger partial charge in [0.2, 0.25) is 5.95 Å². The van der Waals surface area contributed by atoms with Crippen LogP contribution in [0, 0.1) is 18.6 Å². The molecule has 0 atom stereocenters. The van der Waals surface area contributed by atoms with Crippen LogP contribution in [0.15, 0.2) is 83.9 Å². The van der Waals surface area contributed by atoms with E-state index in [0.29, 0.717) is 51.8 Å². The van der Waals surface area contributed by atoms with Gasteiger partial charge in [-0.25, -0.2) is 28.5 Å². The zero-order chi connectivity index (χ0) is 37.8. The molecule has 2 N–H and O–H groups in total. The third-order valence-electron chi connectivity index (χ3n) is 10.5. The fraction of sp³-hybridized carbons (Fsp3) is 0.250. The molecule has 12 nitrogen and oxygen atoms in total. The minimum absolute atomic E-state index is 0.103. The highest BCUT2D eigenvalue weighted by atomic mass is 35.5. The lowest BCUT2D eigenvalue weighted by atomic mass is 10.0. The number of hydrogen-bond donors (Lipinski definition) is 2. The van der Waals surface area contributed by atoms with Crippen LogP contribution in [0.5, 0.6) is 0 Å². The van der Waals surface area contributed by atoms with E-state index in [-0.39, 0.29) is 42.4 Å². The fourth-order valence-electron chi connectivity index (χ4n) is 7.89. The lowest BCUT2D eigenvalue weighted by Gasteiger charge is -2.28. The first kappa shape index (κ1) is 34.8. The Kier molecular flexibility index (Phi) is 8.86. The van der Waals surface area contributed by atoms with Crippen molar-refractivity contribution in [3.8, 4) is 5.69 Å². The number of amides is 1. The summed E-state index contributed by atoms with van der Waals surface area (Å²) in [5, 5.41) is 7.73. The maximum atomic E-state index is 15.0. The van der Waals surface area contributed by atoms with Crippen molar-refractivity contribution in [3.05, 3.63) is 134 Å². The van der Waals surface area contributed by atoms with Crippen molar-refractivity contribution in [1.82, 2.24) is 43.9 Å². The number of fused-ring (bicyclic) bond motifs is 4. The molecule has 1 amide bonds. The van der Waals surface area contributed by atoms with Gasteiger partial charge in [0.1, 0.15) is 28.5 Å². The van der Waals surface area contributed by atoms with Crippen molar-refractivity contribution in [3.63, 3.8) is 0 Å². The summed E-state index contributed by atoms with van der Waals surface area (Å²) in [5.41, 5.74) is 5.57. The zero-order valence-electron chi connectivity index (χ0n) is 29.8. The molecule has 278 valence electrons. The second-order valence-electron chi connectivity index (χ2n) is 13.9. The summed E-state index contributed by atoms with van der Waals surface area (Å²) < 4.78 is 34.2. The van der Waals surface area contributed by atoms with Crippen LogP contribution in [0.1, 0.15) is 51.9 Å². The van der Waals surface area contributed by atoms with E-state index in [1.54, 1.807) is 63.6 Å². The van der Waals surface area contributed by atoms with Gasteiger partial charge < -0.3 is 20.1 Å². The Labute approximate surface area is 318 Å². The summed E-state index contributed by atoms with van der Waals surface area (Å²) in [6.45, 7) is 4.29. The normalized spacial score (nSPS) is 14.8. The van der Waals surface area contributed by atoms with Gasteiger partial charge >= 0.3 is 5.69 Å². The maximum Gasteiger partial charge on any atom is 0.335 e. The van der Waals surface area contributed by atoms with Crippen molar-refractivity contribution in [2.45, 2.75) is 45.3 Å². The largest absolute Gasteiger partial charge is 0.335 e. The number of nitrogens with one attached hydrogen (secondary N) is 2. The lowest BCUT2D eigenvalue weighted by Crippen LogP contribution is -2.37. The molecule has 0 unspecified atom stereocenters. The Balaban J connectivity index is 1.04. The van der Waals surface area contributed by atoms with Gasteiger partial charge in [-0.3, -0.25) is 13.9 Å². The van der Waals surface area contributed by atoms with Gasteiger partial charge in [0.05, 0.1) is 30.7 Å². The van der Waals surface area contributed by atoms with E-state index in [1.165, 1.54) is 24.4 Å². The van der Waals surface area contributed by atoms with Gasteiger partial charge in [0.25, 0.3) is 5.91 Å². The molecule has 0 saturated carbocycles. The van der Waals surface area contributed by atoms with Crippen LogP contribution < -0.4 is 16.3 Å². The minimum atomic E-state index is -0.409. The van der Waals surface area contributed by atoms with Crippen LogP contribution in [-0.4, -0.2) is 64.1 Å². The number of pyridine rings is 2. The highest BCUT2D eigenvalue weighted by Gasteiger charge is 2.30. The molecule has 0 radical (unpaired) electrons. The van der Waals surface area contributed by atoms with E-state index in [2.05, 4.69) is 25.6 Å². The first-order chi connectivity index (χ1) is 26.7. The van der Waals surface area contributed by atoms with E-state index < -0.39 is 11.6 Å². The number of piperidine rings is 1. The van der Waals surface area contributed by atoms with E-state index in [0.717, 1.165) is 48.2 Å². The summed E-state index contributed by atoms with van der Waals surface area (Å²) in [6, 6.07) is 17.8. The summed E-state index contributed by atoms with van der Waals surface area (Å²) >= 11 is 6.03. The third kappa shape index (κ3) is 6.30. The summed E-state index contributed by atoms with van der Waals surface area (Å²) in [5.74, 6) is -0.830. The zero-order valence-corrected chi connectivity index (χ0v) is 30.5. The molecule has 0 bridgehead atoms. The van der Waals surface area contributed by atoms with Crippen molar-refractivity contribution >= 4 is 51.3 Å². The molecular formula is C40H35ClF2N10O2. The molecule has 1 fully saturated rings. The molecule has 2 aromatic carbocycles. The average molecular weight is 761 g/mol. The number of rotatable bonds is 7. The van der Waals surface area contributed by atoms with Gasteiger partial charge in [0, 0.05) is 46.1 Å². The smallest absolute Gasteiger partial charge is 0.331 e.